The van der Waals surface area contributed by atoms with Gasteiger partial charge in [0.2, 0.25) is 5.65 Å². The summed E-state index contributed by atoms with van der Waals surface area (Å²) in [6.45, 7) is 7.66. The van der Waals surface area contributed by atoms with Gasteiger partial charge in [-0.15, -0.1) is 0 Å². The third-order valence-corrected chi connectivity index (χ3v) is 4.16. The first-order valence-corrected chi connectivity index (χ1v) is 8.02. The lowest BCUT2D eigenvalue weighted by molar-refractivity contribution is -0.391. The highest BCUT2D eigenvalue weighted by Crippen LogP contribution is 2.17. The van der Waals surface area contributed by atoms with E-state index < -0.39 is 4.92 Å². The number of morpholine rings is 1. The topological polar surface area (TPSA) is 89.0 Å². The van der Waals surface area contributed by atoms with Crippen molar-refractivity contribution in [2.75, 3.05) is 38.1 Å². The van der Waals surface area contributed by atoms with Gasteiger partial charge in [-0.25, -0.2) is 4.98 Å². The maximum absolute atomic E-state index is 11.0. The van der Waals surface area contributed by atoms with E-state index in [2.05, 4.69) is 28.8 Å². The van der Waals surface area contributed by atoms with Crippen LogP contribution in [0.1, 0.15) is 13.8 Å². The SMILES string of the molecule is C[C@@H]1CN(CCN(C)c2ccc3ncc([N+](=O)[O-])n3n2)C[C@H](C)O1. The van der Waals surface area contributed by atoms with E-state index in [0.717, 1.165) is 26.2 Å². The highest BCUT2D eigenvalue weighted by Gasteiger charge is 2.22. The van der Waals surface area contributed by atoms with Crippen LogP contribution in [0.5, 0.6) is 0 Å². The van der Waals surface area contributed by atoms with Crippen LogP contribution >= 0.6 is 0 Å². The van der Waals surface area contributed by atoms with Gasteiger partial charge in [0.15, 0.2) is 5.82 Å². The van der Waals surface area contributed by atoms with Gasteiger partial charge >= 0.3 is 5.82 Å². The molecule has 1 aliphatic rings. The van der Waals surface area contributed by atoms with Crippen molar-refractivity contribution < 1.29 is 9.66 Å². The molecule has 9 nitrogen and oxygen atoms in total. The predicted molar refractivity (Wildman–Crippen MR) is 89.4 cm³/mol. The molecule has 130 valence electrons. The molecular weight excluding hydrogens is 312 g/mol. The zero-order chi connectivity index (χ0) is 17.3. The Labute approximate surface area is 140 Å². The standard InChI is InChI=1S/C15H22N6O3/c1-11-9-19(10-12(2)24-11)7-6-18(3)14-5-4-13-16-8-15(21(22)23)20(13)17-14/h4-5,8,11-12H,6-7,9-10H2,1-3H3/t11-,12+. The summed E-state index contributed by atoms with van der Waals surface area (Å²) in [7, 11) is 1.93. The van der Waals surface area contributed by atoms with Gasteiger partial charge < -0.3 is 19.8 Å². The molecule has 9 heteroatoms. The summed E-state index contributed by atoms with van der Waals surface area (Å²) in [5.41, 5.74) is 0.467. The molecule has 2 aromatic rings. The maximum Gasteiger partial charge on any atom is 0.368 e. The van der Waals surface area contributed by atoms with Gasteiger partial charge in [0.25, 0.3) is 0 Å². The molecule has 0 amide bonds. The lowest BCUT2D eigenvalue weighted by atomic mass is 10.2. The van der Waals surface area contributed by atoms with Crippen molar-refractivity contribution in [2.24, 2.45) is 0 Å². The molecule has 0 spiro atoms. The second-order valence-corrected chi connectivity index (χ2v) is 6.27. The fraction of sp³-hybridized carbons (Fsp3) is 0.600. The van der Waals surface area contributed by atoms with Crippen LogP contribution in [-0.2, 0) is 4.74 Å². The van der Waals surface area contributed by atoms with Crippen LogP contribution in [0.2, 0.25) is 0 Å². The number of hydrogen-bond donors (Lipinski definition) is 0. The largest absolute Gasteiger partial charge is 0.373 e. The molecule has 3 heterocycles. The summed E-state index contributed by atoms with van der Waals surface area (Å²) in [4.78, 5) is 18.9. The van der Waals surface area contributed by atoms with Crippen LogP contribution in [-0.4, -0.2) is 69.9 Å². The molecule has 0 bridgehead atoms. The minimum atomic E-state index is -0.479. The van der Waals surface area contributed by atoms with Crippen LogP contribution in [0.25, 0.3) is 5.65 Å². The fourth-order valence-electron chi connectivity index (χ4n) is 3.05. The molecule has 1 aliphatic heterocycles. The van der Waals surface area contributed by atoms with E-state index in [1.807, 2.05) is 18.0 Å². The monoisotopic (exact) mass is 334 g/mol. The van der Waals surface area contributed by atoms with Crippen molar-refractivity contribution in [3.8, 4) is 0 Å². The summed E-state index contributed by atoms with van der Waals surface area (Å²) in [5.74, 6) is 0.550. The van der Waals surface area contributed by atoms with Crippen molar-refractivity contribution in [2.45, 2.75) is 26.1 Å². The second-order valence-electron chi connectivity index (χ2n) is 6.27. The Morgan fingerprint density at radius 1 is 1.38 bits per heavy atom. The normalized spacial score (nSPS) is 22.0. The number of likely N-dealkylation sites (N-methyl/N-ethyl adjacent to an activating group) is 1. The third kappa shape index (κ3) is 3.46. The molecule has 1 fully saturated rings. The van der Waals surface area contributed by atoms with Crippen LogP contribution in [0.15, 0.2) is 18.3 Å². The Bertz CT molecular complexity index is 723. The van der Waals surface area contributed by atoms with E-state index in [1.54, 1.807) is 6.07 Å². The maximum atomic E-state index is 11.0. The molecule has 0 N–H and O–H groups in total. The van der Waals surface area contributed by atoms with E-state index >= 15 is 0 Å². The lowest BCUT2D eigenvalue weighted by Gasteiger charge is -2.36. The predicted octanol–water partition coefficient (Wildman–Crippen LogP) is 1.18. The molecule has 3 rings (SSSR count). The van der Waals surface area contributed by atoms with Crippen LogP contribution < -0.4 is 4.90 Å². The molecule has 0 aromatic carbocycles. The number of ether oxygens (including phenoxy) is 1. The van der Waals surface area contributed by atoms with Crippen LogP contribution in [0.3, 0.4) is 0 Å². The summed E-state index contributed by atoms with van der Waals surface area (Å²) >= 11 is 0. The van der Waals surface area contributed by atoms with E-state index in [4.69, 9.17) is 4.74 Å². The Kier molecular flexibility index (Phi) is 4.63. The number of nitrogens with zero attached hydrogens (tertiary/aromatic N) is 6. The Morgan fingerprint density at radius 3 is 2.75 bits per heavy atom. The van der Waals surface area contributed by atoms with Gasteiger partial charge in [-0.1, -0.05) is 9.61 Å². The summed E-state index contributed by atoms with van der Waals surface area (Å²) in [5, 5.41) is 15.4. The molecule has 2 aromatic heterocycles. The Hall–Kier alpha value is -2.26. The zero-order valence-corrected chi connectivity index (χ0v) is 14.1. The molecule has 1 saturated heterocycles. The number of anilines is 1. The minimum absolute atomic E-state index is 0.129. The van der Waals surface area contributed by atoms with E-state index in [0.29, 0.717) is 11.5 Å². The number of nitro groups is 1. The number of aromatic nitrogens is 3. The van der Waals surface area contributed by atoms with Gasteiger partial charge in [-0.3, -0.25) is 4.90 Å². The average Bonchev–Trinajstić information content (AvgIpc) is 2.95. The molecule has 24 heavy (non-hydrogen) atoms. The van der Waals surface area contributed by atoms with Gasteiger partial charge in [-0.2, -0.15) is 0 Å². The number of fused-ring (bicyclic) bond motifs is 1. The first-order chi connectivity index (χ1) is 11.4. The Balaban J connectivity index is 1.68. The zero-order valence-electron chi connectivity index (χ0n) is 14.1. The molecule has 0 aliphatic carbocycles. The van der Waals surface area contributed by atoms with Gasteiger partial charge in [0.05, 0.1) is 12.2 Å². The summed E-state index contributed by atoms with van der Waals surface area (Å²) < 4.78 is 7.01. The Morgan fingerprint density at radius 2 is 2.08 bits per heavy atom. The van der Waals surface area contributed by atoms with Crippen molar-refractivity contribution >= 4 is 17.3 Å². The van der Waals surface area contributed by atoms with Crippen molar-refractivity contribution in [1.29, 1.82) is 0 Å². The van der Waals surface area contributed by atoms with Gasteiger partial charge in [0, 0.05) is 39.3 Å². The summed E-state index contributed by atoms with van der Waals surface area (Å²) in [6, 6.07) is 3.57. The number of hydrogen-bond acceptors (Lipinski definition) is 7. The number of rotatable bonds is 5. The van der Waals surface area contributed by atoms with Crippen molar-refractivity contribution in [1.82, 2.24) is 19.5 Å². The molecule has 2 atom stereocenters. The fourth-order valence-corrected chi connectivity index (χ4v) is 3.05. The van der Waals surface area contributed by atoms with Gasteiger partial charge in [-0.05, 0) is 24.8 Å². The molecule has 0 unspecified atom stereocenters. The second kappa shape index (κ2) is 6.70. The van der Waals surface area contributed by atoms with E-state index in [-0.39, 0.29) is 18.0 Å². The van der Waals surface area contributed by atoms with Gasteiger partial charge in [0.1, 0.15) is 6.20 Å². The van der Waals surface area contributed by atoms with Crippen molar-refractivity contribution in [3.05, 3.63) is 28.4 Å². The molecular formula is C15H22N6O3. The highest BCUT2D eigenvalue weighted by molar-refractivity contribution is 5.48. The van der Waals surface area contributed by atoms with Crippen LogP contribution in [0, 0.1) is 10.1 Å². The quantitative estimate of drug-likeness (QED) is 0.599. The summed E-state index contributed by atoms with van der Waals surface area (Å²) in [6.07, 6.45) is 1.70. The third-order valence-electron chi connectivity index (χ3n) is 4.16. The average molecular weight is 334 g/mol. The lowest BCUT2D eigenvalue weighted by Crippen LogP contribution is -2.47. The first kappa shape index (κ1) is 16.6. The molecule has 0 radical (unpaired) electrons. The van der Waals surface area contributed by atoms with E-state index in [1.165, 1.54) is 10.7 Å². The van der Waals surface area contributed by atoms with Crippen molar-refractivity contribution in [3.63, 3.8) is 0 Å². The highest BCUT2D eigenvalue weighted by atomic mass is 16.6. The smallest absolute Gasteiger partial charge is 0.368 e. The number of imidazole rings is 1. The minimum Gasteiger partial charge on any atom is -0.373 e. The first-order valence-electron chi connectivity index (χ1n) is 8.02. The van der Waals surface area contributed by atoms with Crippen LogP contribution in [0.4, 0.5) is 11.6 Å². The van der Waals surface area contributed by atoms with E-state index in [9.17, 15) is 10.1 Å². The molecule has 0 saturated carbocycles.